The van der Waals surface area contributed by atoms with E-state index in [1.54, 1.807) is 38.2 Å². The molecule has 0 bridgehead atoms. The van der Waals surface area contributed by atoms with Crippen molar-refractivity contribution in [1.82, 2.24) is 0 Å². The molecule has 0 unspecified atom stereocenters. The average Bonchev–Trinajstić information content (AvgIpc) is 2.62. The molecule has 2 rings (SSSR count). The number of nitro benzene ring substituents is 1. The Morgan fingerprint density at radius 2 is 1.88 bits per heavy atom. The Hall–Kier alpha value is -2.69. The molecule has 2 aromatic rings. The van der Waals surface area contributed by atoms with Crippen LogP contribution in [0.5, 0.6) is 0 Å². The van der Waals surface area contributed by atoms with Gasteiger partial charge in [-0.3, -0.25) is 19.8 Å². The summed E-state index contributed by atoms with van der Waals surface area (Å²) < 4.78 is 5.52. The molecule has 0 saturated heterocycles. The SMILES string of the molecule is CCOC(=O)N(C)c1ccc(NC(=O)c2cc([N+](=O)[O-])ccc2I)cc1. The molecule has 2 aromatic carbocycles. The summed E-state index contributed by atoms with van der Waals surface area (Å²) in [7, 11) is 1.58. The summed E-state index contributed by atoms with van der Waals surface area (Å²) in [6.45, 7) is 2.00. The molecule has 0 fully saturated rings. The second-order valence-corrected chi connectivity index (χ2v) is 6.34. The van der Waals surface area contributed by atoms with Crippen molar-refractivity contribution < 1.29 is 19.2 Å². The minimum absolute atomic E-state index is 0.151. The third-order valence-electron chi connectivity index (χ3n) is 3.46. The van der Waals surface area contributed by atoms with E-state index in [9.17, 15) is 19.7 Å². The maximum Gasteiger partial charge on any atom is 0.413 e. The van der Waals surface area contributed by atoms with Crippen LogP contribution >= 0.6 is 22.6 Å². The first-order chi connectivity index (χ1) is 12.3. The average molecular weight is 469 g/mol. The van der Waals surface area contributed by atoms with Crippen molar-refractivity contribution in [3.8, 4) is 0 Å². The molecule has 0 radical (unpaired) electrons. The molecule has 9 heteroatoms. The van der Waals surface area contributed by atoms with E-state index in [-0.39, 0.29) is 17.9 Å². The highest BCUT2D eigenvalue weighted by Crippen LogP contribution is 2.22. The number of hydrogen-bond donors (Lipinski definition) is 1. The van der Waals surface area contributed by atoms with Crippen molar-refractivity contribution >= 4 is 51.7 Å². The molecule has 0 aliphatic rings. The summed E-state index contributed by atoms with van der Waals surface area (Å²) >= 11 is 1.95. The van der Waals surface area contributed by atoms with Gasteiger partial charge in [0.2, 0.25) is 0 Å². The van der Waals surface area contributed by atoms with Crippen LogP contribution in [0.25, 0.3) is 0 Å². The Bertz CT molecular complexity index is 839. The maximum atomic E-state index is 12.4. The number of nitrogens with zero attached hydrogens (tertiary/aromatic N) is 2. The summed E-state index contributed by atoms with van der Waals surface area (Å²) in [5, 5.41) is 13.6. The number of nitro groups is 1. The van der Waals surface area contributed by atoms with Crippen molar-refractivity contribution in [2.24, 2.45) is 0 Å². The van der Waals surface area contributed by atoms with Gasteiger partial charge in [0.05, 0.1) is 17.1 Å². The van der Waals surface area contributed by atoms with Crippen molar-refractivity contribution in [3.63, 3.8) is 0 Å². The van der Waals surface area contributed by atoms with Crippen LogP contribution < -0.4 is 10.2 Å². The Labute approximate surface area is 163 Å². The van der Waals surface area contributed by atoms with E-state index in [2.05, 4.69) is 5.32 Å². The third-order valence-corrected chi connectivity index (χ3v) is 4.40. The first-order valence-electron chi connectivity index (χ1n) is 7.59. The lowest BCUT2D eigenvalue weighted by Crippen LogP contribution is -2.26. The predicted octanol–water partition coefficient (Wildman–Crippen LogP) is 4.04. The fourth-order valence-electron chi connectivity index (χ4n) is 2.09. The first-order valence-corrected chi connectivity index (χ1v) is 8.67. The summed E-state index contributed by atoms with van der Waals surface area (Å²) in [6, 6.07) is 10.7. The van der Waals surface area contributed by atoms with E-state index < -0.39 is 16.9 Å². The van der Waals surface area contributed by atoms with Crippen molar-refractivity contribution in [1.29, 1.82) is 0 Å². The standard InChI is InChI=1S/C17H16IN3O5/c1-3-26-17(23)20(2)12-6-4-11(5-7-12)19-16(22)14-10-13(21(24)25)8-9-15(14)18/h4-10H,3H2,1-2H3,(H,19,22). The second-order valence-electron chi connectivity index (χ2n) is 5.18. The van der Waals surface area contributed by atoms with E-state index >= 15 is 0 Å². The van der Waals surface area contributed by atoms with Crippen LogP contribution in [-0.2, 0) is 4.74 Å². The quantitative estimate of drug-likeness (QED) is 0.405. The van der Waals surface area contributed by atoms with Gasteiger partial charge < -0.3 is 10.1 Å². The van der Waals surface area contributed by atoms with Crippen LogP contribution in [0.15, 0.2) is 42.5 Å². The van der Waals surface area contributed by atoms with Crippen LogP contribution in [0.4, 0.5) is 21.9 Å². The molecule has 0 atom stereocenters. The molecule has 0 aliphatic carbocycles. The van der Waals surface area contributed by atoms with Gasteiger partial charge in [0, 0.05) is 34.1 Å². The van der Waals surface area contributed by atoms with Crippen molar-refractivity contribution in [2.45, 2.75) is 6.92 Å². The number of non-ortho nitro benzene ring substituents is 1. The predicted molar refractivity (Wildman–Crippen MR) is 106 cm³/mol. The lowest BCUT2D eigenvalue weighted by atomic mass is 10.2. The Balaban J connectivity index is 2.14. The zero-order chi connectivity index (χ0) is 19.3. The number of anilines is 2. The van der Waals surface area contributed by atoms with Gasteiger partial charge in [-0.2, -0.15) is 0 Å². The number of hydrogen-bond acceptors (Lipinski definition) is 5. The molecule has 1 N–H and O–H groups in total. The summed E-state index contributed by atoms with van der Waals surface area (Å²) in [6.07, 6.45) is -0.476. The zero-order valence-electron chi connectivity index (χ0n) is 14.1. The largest absolute Gasteiger partial charge is 0.449 e. The fourth-order valence-corrected chi connectivity index (χ4v) is 2.67. The number of ether oxygens (including phenoxy) is 1. The van der Waals surface area contributed by atoms with Gasteiger partial charge in [-0.1, -0.05) is 0 Å². The van der Waals surface area contributed by atoms with Crippen LogP contribution in [0.2, 0.25) is 0 Å². The minimum atomic E-state index is -0.549. The normalized spacial score (nSPS) is 10.1. The number of rotatable bonds is 5. The fraction of sp³-hybridized carbons (Fsp3) is 0.176. The topological polar surface area (TPSA) is 102 Å². The van der Waals surface area contributed by atoms with E-state index in [0.717, 1.165) is 0 Å². The molecule has 0 heterocycles. The van der Waals surface area contributed by atoms with Crippen LogP contribution in [0, 0.1) is 13.7 Å². The molecular formula is C17H16IN3O5. The first kappa shape index (κ1) is 19.6. The van der Waals surface area contributed by atoms with Gasteiger partial charge >= 0.3 is 6.09 Å². The summed E-state index contributed by atoms with van der Waals surface area (Å²) in [5.74, 6) is -0.454. The van der Waals surface area contributed by atoms with E-state index in [1.807, 2.05) is 22.6 Å². The second kappa shape index (κ2) is 8.61. The van der Waals surface area contributed by atoms with Crippen molar-refractivity contribution in [2.75, 3.05) is 23.9 Å². The number of carbonyl (C=O) groups is 2. The molecule has 136 valence electrons. The van der Waals surface area contributed by atoms with E-state index in [0.29, 0.717) is 14.9 Å². The van der Waals surface area contributed by atoms with Gasteiger partial charge in [0.15, 0.2) is 0 Å². The van der Waals surface area contributed by atoms with E-state index in [4.69, 9.17) is 4.74 Å². The van der Waals surface area contributed by atoms with Crippen LogP contribution in [-0.4, -0.2) is 30.6 Å². The smallest absolute Gasteiger partial charge is 0.413 e. The highest BCUT2D eigenvalue weighted by Gasteiger charge is 2.16. The van der Waals surface area contributed by atoms with Gasteiger partial charge in [0.1, 0.15) is 0 Å². The molecule has 0 aliphatic heterocycles. The lowest BCUT2D eigenvalue weighted by molar-refractivity contribution is -0.384. The Morgan fingerprint density at radius 1 is 1.23 bits per heavy atom. The molecule has 0 saturated carbocycles. The van der Waals surface area contributed by atoms with Crippen LogP contribution in [0.1, 0.15) is 17.3 Å². The van der Waals surface area contributed by atoms with Crippen LogP contribution in [0.3, 0.4) is 0 Å². The molecule has 8 nitrogen and oxygen atoms in total. The Kier molecular flexibility index (Phi) is 6.50. The van der Waals surface area contributed by atoms with Gasteiger partial charge in [0.25, 0.3) is 11.6 Å². The highest BCUT2D eigenvalue weighted by molar-refractivity contribution is 14.1. The van der Waals surface area contributed by atoms with Gasteiger partial charge in [-0.25, -0.2) is 4.79 Å². The number of nitrogens with one attached hydrogen (secondary N) is 1. The molecule has 2 amide bonds. The molecule has 0 spiro atoms. The van der Waals surface area contributed by atoms with Crippen molar-refractivity contribution in [3.05, 3.63) is 61.7 Å². The lowest BCUT2D eigenvalue weighted by Gasteiger charge is -2.17. The highest BCUT2D eigenvalue weighted by atomic mass is 127. The Morgan fingerprint density at radius 3 is 2.46 bits per heavy atom. The number of amides is 2. The summed E-state index contributed by atoms with van der Waals surface area (Å²) in [4.78, 5) is 35.8. The molecular weight excluding hydrogens is 453 g/mol. The minimum Gasteiger partial charge on any atom is -0.449 e. The molecule has 0 aromatic heterocycles. The monoisotopic (exact) mass is 469 g/mol. The van der Waals surface area contributed by atoms with Gasteiger partial charge in [-0.15, -0.1) is 0 Å². The number of carbonyl (C=O) groups excluding carboxylic acids is 2. The van der Waals surface area contributed by atoms with Gasteiger partial charge in [-0.05, 0) is 59.8 Å². The zero-order valence-corrected chi connectivity index (χ0v) is 16.2. The number of benzene rings is 2. The maximum absolute atomic E-state index is 12.4. The third kappa shape index (κ3) is 4.69. The molecule has 26 heavy (non-hydrogen) atoms. The number of halogens is 1. The summed E-state index contributed by atoms with van der Waals surface area (Å²) in [5.41, 5.74) is 1.17. The van der Waals surface area contributed by atoms with E-state index in [1.165, 1.54) is 23.1 Å².